The van der Waals surface area contributed by atoms with E-state index in [-0.39, 0.29) is 17.7 Å². The second-order valence-electron chi connectivity index (χ2n) is 7.16. The van der Waals surface area contributed by atoms with E-state index < -0.39 is 15.9 Å². The topological polar surface area (TPSA) is 86.8 Å². The molecule has 2 aliphatic rings. The normalized spacial score (nSPS) is 22.2. The standard InChI is InChI=1S/C18H24BrN3O4S/c1-27(25,26)21-8-5-13(6-9-21)12-20-17(23)16-7-10-22(18(16)24)15-4-2-3-14(19)11-15/h2-4,11,13,16H,5-10,12H2,1H3,(H,20,23). The zero-order valence-corrected chi connectivity index (χ0v) is 17.6. The van der Waals surface area contributed by atoms with Gasteiger partial charge in [-0.1, -0.05) is 22.0 Å². The molecule has 148 valence electrons. The van der Waals surface area contributed by atoms with Crippen molar-refractivity contribution in [1.82, 2.24) is 9.62 Å². The number of carbonyl (C=O) groups is 2. The first-order valence-corrected chi connectivity index (χ1v) is 11.7. The Morgan fingerprint density at radius 1 is 1.22 bits per heavy atom. The van der Waals surface area contributed by atoms with Crippen molar-refractivity contribution in [2.45, 2.75) is 19.3 Å². The van der Waals surface area contributed by atoms with Gasteiger partial charge in [-0.2, -0.15) is 0 Å². The Bertz CT molecular complexity index is 822. The minimum absolute atomic E-state index is 0.169. The predicted molar refractivity (Wildman–Crippen MR) is 107 cm³/mol. The summed E-state index contributed by atoms with van der Waals surface area (Å²) in [6.45, 7) is 1.98. The molecule has 0 radical (unpaired) electrons. The number of halogens is 1. The summed E-state index contributed by atoms with van der Waals surface area (Å²) in [6, 6.07) is 7.48. The SMILES string of the molecule is CS(=O)(=O)N1CCC(CNC(=O)C2CCN(c3cccc(Br)c3)C2=O)CC1. The number of piperidine rings is 1. The van der Waals surface area contributed by atoms with E-state index in [2.05, 4.69) is 21.2 Å². The Morgan fingerprint density at radius 3 is 2.56 bits per heavy atom. The van der Waals surface area contributed by atoms with Crippen molar-refractivity contribution in [1.29, 1.82) is 0 Å². The number of hydrogen-bond donors (Lipinski definition) is 1. The molecule has 2 aliphatic heterocycles. The van der Waals surface area contributed by atoms with Gasteiger partial charge in [0.05, 0.1) is 6.26 Å². The van der Waals surface area contributed by atoms with Gasteiger partial charge in [-0.15, -0.1) is 0 Å². The van der Waals surface area contributed by atoms with Gasteiger partial charge in [0.1, 0.15) is 5.92 Å². The molecular formula is C18H24BrN3O4S. The van der Waals surface area contributed by atoms with Gasteiger partial charge < -0.3 is 10.2 Å². The molecule has 1 unspecified atom stereocenters. The molecule has 1 atom stereocenters. The lowest BCUT2D eigenvalue weighted by Gasteiger charge is -2.30. The van der Waals surface area contributed by atoms with Crippen LogP contribution in [0.15, 0.2) is 28.7 Å². The fourth-order valence-corrected chi connectivity index (χ4v) is 4.90. The van der Waals surface area contributed by atoms with Crippen molar-refractivity contribution in [3.63, 3.8) is 0 Å². The molecule has 2 saturated heterocycles. The summed E-state index contributed by atoms with van der Waals surface area (Å²) in [5.74, 6) is -0.815. The summed E-state index contributed by atoms with van der Waals surface area (Å²) < 4.78 is 25.5. The number of rotatable bonds is 5. The Hall–Kier alpha value is -1.45. The van der Waals surface area contributed by atoms with Crippen molar-refractivity contribution in [3.05, 3.63) is 28.7 Å². The molecule has 1 aromatic rings. The van der Waals surface area contributed by atoms with E-state index in [1.807, 2.05) is 24.3 Å². The van der Waals surface area contributed by atoms with Gasteiger partial charge in [-0.05, 0) is 43.4 Å². The number of nitrogens with one attached hydrogen (secondary N) is 1. The Balaban J connectivity index is 1.50. The molecule has 2 amide bonds. The van der Waals surface area contributed by atoms with Crippen molar-refractivity contribution >= 4 is 43.5 Å². The first-order valence-electron chi connectivity index (χ1n) is 9.05. The van der Waals surface area contributed by atoms with Crippen LogP contribution in [-0.4, -0.2) is 57.0 Å². The molecule has 0 saturated carbocycles. The zero-order valence-electron chi connectivity index (χ0n) is 15.2. The van der Waals surface area contributed by atoms with Gasteiger partial charge in [0.15, 0.2) is 0 Å². The first-order chi connectivity index (χ1) is 12.8. The number of nitrogens with zero attached hydrogens (tertiary/aromatic N) is 2. The molecule has 0 aliphatic carbocycles. The minimum atomic E-state index is -3.14. The Kier molecular flexibility index (Phi) is 6.22. The van der Waals surface area contributed by atoms with Crippen LogP contribution < -0.4 is 10.2 Å². The summed E-state index contributed by atoms with van der Waals surface area (Å²) in [7, 11) is -3.14. The number of anilines is 1. The third-order valence-corrected chi connectivity index (χ3v) is 7.05. The number of carbonyl (C=O) groups excluding carboxylic acids is 2. The Morgan fingerprint density at radius 2 is 1.93 bits per heavy atom. The smallest absolute Gasteiger partial charge is 0.239 e. The van der Waals surface area contributed by atoms with Crippen LogP contribution in [0.2, 0.25) is 0 Å². The maximum absolute atomic E-state index is 12.6. The van der Waals surface area contributed by atoms with E-state index >= 15 is 0 Å². The molecular weight excluding hydrogens is 434 g/mol. The van der Waals surface area contributed by atoms with Gasteiger partial charge in [0.2, 0.25) is 21.8 Å². The van der Waals surface area contributed by atoms with Gasteiger partial charge in [-0.25, -0.2) is 12.7 Å². The van der Waals surface area contributed by atoms with Gasteiger partial charge in [-0.3, -0.25) is 9.59 Å². The van der Waals surface area contributed by atoms with Crippen molar-refractivity contribution in [2.24, 2.45) is 11.8 Å². The number of hydrogen-bond acceptors (Lipinski definition) is 4. The molecule has 1 N–H and O–H groups in total. The number of sulfonamides is 1. The molecule has 3 rings (SSSR count). The van der Waals surface area contributed by atoms with E-state index in [0.29, 0.717) is 32.6 Å². The molecule has 27 heavy (non-hydrogen) atoms. The van der Waals surface area contributed by atoms with E-state index in [1.165, 1.54) is 10.6 Å². The van der Waals surface area contributed by atoms with E-state index in [0.717, 1.165) is 23.0 Å². The average molecular weight is 458 g/mol. The van der Waals surface area contributed by atoms with Gasteiger partial charge >= 0.3 is 0 Å². The molecule has 0 spiro atoms. The van der Waals surface area contributed by atoms with Crippen LogP contribution in [0, 0.1) is 11.8 Å². The monoisotopic (exact) mass is 457 g/mol. The summed E-state index contributed by atoms with van der Waals surface area (Å²) in [5, 5.41) is 2.90. The van der Waals surface area contributed by atoms with Gasteiger partial charge in [0.25, 0.3) is 0 Å². The van der Waals surface area contributed by atoms with Crippen molar-refractivity contribution < 1.29 is 18.0 Å². The lowest BCUT2D eigenvalue weighted by molar-refractivity contribution is -0.132. The van der Waals surface area contributed by atoms with Crippen LogP contribution in [0.4, 0.5) is 5.69 Å². The highest BCUT2D eigenvalue weighted by atomic mass is 79.9. The number of amides is 2. The van der Waals surface area contributed by atoms with Crippen LogP contribution in [-0.2, 0) is 19.6 Å². The third kappa shape index (κ3) is 4.89. The average Bonchev–Trinajstić information content (AvgIpc) is 3.01. The maximum atomic E-state index is 12.6. The predicted octanol–water partition coefficient (Wildman–Crippen LogP) is 1.59. The quantitative estimate of drug-likeness (QED) is 0.680. The number of benzene rings is 1. The minimum Gasteiger partial charge on any atom is -0.355 e. The van der Waals surface area contributed by atoms with Crippen LogP contribution >= 0.6 is 15.9 Å². The van der Waals surface area contributed by atoms with Crippen LogP contribution in [0.3, 0.4) is 0 Å². The highest BCUT2D eigenvalue weighted by molar-refractivity contribution is 9.10. The molecule has 2 heterocycles. The van der Waals surface area contributed by atoms with Crippen LogP contribution in [0.1, 0.15) is 19.3 Å². The maximum Gasteiger partial charge on any atom is 0.239 e. The summed E-state index contributed by atoms with van der Waals surface area (Å²) in [4.78, 5) is 26.8. The molecule has 2 fully saturated rings. The second-order valence-corrected chi connectivity index (χ2v) is 10.1. The largest absolute Gasteiger partial charge is 0.355 e. The molecule has 1 aromatic carbocycles. The van der Waals surface area contributed by atoms with E-state index in [9.17, 15) is 18.0 Å². The summed E-state index contributed by atoms with van der Waals surface area (Å²) >= 11 is 3.40. The van der Waals surface area contributed by atoms with E-state index in [4.69, 9.17) is 0 Å². The highest BCUT2D eigenvalue weighted by Gasteiger charge is 2.37. The zero-order chi connectivity index (χ0) is 19.6. The second kappa shape index (κ2) is 8.28. The Labute approximate surface area is 168 Å². The molecule has 0 bridgehead atoms. The van der Waals surface area contributed by atoms with Crippen molar-refractivity contribution in [2.75, 3.05) is 37.3 Å². The van der Waals surface area contributed by atoms with Crippen molar-refractivity contribution in [3.8, 4) is 0 Å². The fraction of sp³-hybridized carbons (Fsp3) is 0.556. The summed E-state index contributed by atoms with van der Waals surface area (Å²) in [5.41, 5.74) is 0.790. The molecule has 9 heteroatoms. The first kappa shape index (κ1) is 20.3. The molecule has 7 nitrogen and oxygen atoms in total. The third-order valence-electron chi connectivity index (χ3n) is 5.25. The van der Waals surface area contributed by atoms with Crippen LogP contribution in [0.25, 0.3) is 0 Å². The lowest BCUT2D eigenvalue weighted by Crippen LogP contribution is -2.43. The molecule has 0 aromatic heterocycles. The summed E-state index contributed by atoms with van der Waals surface area (Å²) in [6.07, 6.45) is 3.16. The van der Waals surface area contributed by atoms with Gasteiger partial charge in [0, 0.05) is 36.3 Å². The fourth-order valence-electron chi connectivity index (χ4n) is 3.64. The lowest BCUT2D eigenvalue weighted by atomic mass is 9.97. The van der Waals surface area contributed by atoms with E-state index in [1.54, 1.807) is 4.90 Å². The highest BCUT2D eigenvalue weighted by Crippen LogP contribution is 2.27. The van der Waals surface area contributed by atoms with Crippen LogP contribution in [0.5, 0.6) is 0 Å².